The normalized spacial score (nSPS) is 14.2. The number of amides is 2. The number of thiazole rings is 1. The Morgan fingerprint density at radius 1 is 1.03 bits per heavy atom. The van der Waals surface area contributed by atoms with Gasteiger partial charge in [0.05, 0.1) is 15.2 Å². The fraction of sp³-hybridized carbons (Fsp3) is 0.400. The van der Waals surface area contributed by atoms with Crippen molar-refractivity contribution in [2.75, 3.05) is 0 Å². The van der Waals surface area contributed by atoms with Crippen LogP contribution in [0.1, 0.15) is 62.2 Å². The monoisotopic (exact) mass is 452 g/mol. The van der Waals surface area contributed by atoms with Crippen molar-refractivity contribution >= 4 is 33.4 Å². The first-order valence-electron chi connectivity index (χ1n) is 11.1. The molecule has 4 N–H and O–H groups in total. The highest BCUT2D eigenvalue weighted by molar-refractivity contribution is 7.18. The average molecular weight is 453 g/mol. The molecule has 0 saturated carbocycles. The third-order valence-corrected chi connectivity index (χ3v) is 6.61. The molecule has 0 saturated heterocycles. The number of rotatable bonds is 9. The largest absolute Gasteiger partial charge is 0.350 e. The molecule has 1 aromatic heterocycles. The molecule has 6 nitrogen and oxygen atoms in total. The zero-order valence-corrected chi connectivity index (χ0v) is 19.9. The minimum absolute atomic E-state index is 0.173. The van der Waals surface area contributed by atoms with Crippen LogP contribution in [-0.4, -0.2) is 28.9 Å². The molecule has 0 aliphatic heterocycles. The third kappa shape index (κ3) is 5.93. The van der Waals surface area contributed by atoms with E-state index >= 15 is 0 Å². The van der Waals surface area contributed by atoms with Gasteiger partial charge >= 0.3 is 0 Å². The van der Waals surface area contributed by atoms with Crippen LogP contribution in [0.15, 0.2) is 48.5 Å². The Morgan fingerprint density at radius 3 is 2.41 bits per heavy atom. The molecular weight excluding hydrogens is 420 g/mol. The van der Waals surface area contributed by atoms with Crippen LogP contribution >= 0.6 is 11.3 Å². The Labute approximate surface area is 193 Å². The first-order chi connectivity index (χ1) is 15.3. The van der Waals surface area contributed by atoms with E-state index in [9.17, 15) is 9.59 Å². The van der Waals surface area contributed by atoms with Crippen molar-refractivity contribution in [2.24, 2.45) is 5.73 Å². The summed E-state index contributed by atoms with van der Waals surface area (Å²) in [5.41, 5.74) is 9.46. The molecule has 170 valence electrons. The van der Waals surface area contributed by atoms with Gasteiger partial charge in [0.1, 0.15) is 6.04 Å². The van der Waals surface area contributed by atoms with E-state index in [0.29, 0.717) is 18.8 Å². The van der Waals surface area contributed by atoms with Gasteiger partial charge in [-0.3, -0.25) is 9.59 Å². The standard InChI is InChI=1S/C25H32N4O2S/c1-5-22(30)28-20(25(31)27-16(4)24(26)17-9-7-6-8-10-17)14-23-29-19-12-11-18(15(2)3)13-21(19)32-23/h6-13,15-16,20,24H,5,14,26H2,1-4H3,(H,27,31)(H,28,30)/t16?,20-,24+/m0/s1. The van der Waals surface area contributed by atoms with E-state index in [1.165, 1.54) is 5.56 Å². The maximum Gasteiger partial charge on any atom is 0.243 e. The molecule has 0 bridgehead atoms. The molecule has 3 atom stereocenters. The number of nitrogens with zero attached hydrogens (tertiary/aromatic N) is 1. The van der Waals surface area contributed by atoms with Gasteiger partial charge in [-0.2, -0.15) is 0 Å². The van der Waals surface area contributed by atoms with Gasteiger partial charge in [0.15, 0.2) is 0 Å². The van der Waals surface area contributed by atoms with E-state index in [4.69, 9.17) is 10.7 Å². The van der Waals surface area contributed by atoms with Gasteiger partial charge in [-0.1, -0.05) is 57.2 Å². The minimum Gasteiger partial charge on any atom is -0.350 e. The van der Waals surface area contributed by atoms with Crippen LogP contribution in [0.3, 0.4) is 0 Å². The summed E-state index contributed by atoms with van der Waals surface area (Å²) < 4.78 is 1.09. The van der Waals surface area contributed by atoms with Crippen LogP contribution in [0, 0.1) is 0 Å². The summed E-state index contributed by atoms with van der Waals surface area (Å²) in [4.78, 5) is 29.9. The number of carbonyl (C=O) groups is 2. The summed E-state index contributed by atoms with van der Waals surface area (Å²) in [5, 5.41) is 6.65. The first kappa shape index (κ1) is 23.9. The van der Waals surface area contributed by atoms with Crippen LogP contribution < -0.4 is 16.4 Å². The lowest BCUT2D eigenvalue weighted by Crippen LogP contribution is -2.52. The Morgan fingerprint density at radius 2 is 1.75 bits per heavy atom. The Balaban J connectivity index is 1.76. The average Bonchev–Trinajstić information content (AvgIpc) is 3.19. The molecule has 0 spiro atoms. The van der Waals surface area contributed by atoms with E-state index < -0.39 is 6.04 Å². The molecule has 7 heteroatoms. The lowest BCUT2D eigenvalue weighted by atomic mass is 10.0. The fourth-order valence-electron chi connectivity index (χ4n) is 3.49. The van der Waals surface area contributed by atoms with Crippen molar-refractivity contribution in [3.63, 3.8) is 0 Å². The van der Waals surface area contributed by atoms with Gasteiger partial charge in [0, 0.05) is 24.9 Å². The van der Waals surface area contributed by atoms with Gasteiger partial charge < -0.3 is 16.4 Å². The van der Waals surface area contributed by atoms with Crippen molar-refractivity contribution in [1.29, 1.82) is 0 Å². The van der Waals surface area contributed by atoms with Gasteiger partial charge in [-0.25, -0.2) is 4.98 Å². The second-order valence-electron chi connectivity index (χ2n) is 8.40. The van der Waals surface area contributed by atoms with E-state index in [2.05, 4.69) is 36.6 Å². The van der Waals surface area contributed by atoms with Crippen molar-refractivity contribution < 1.29 is 9.59 Å². The molecule has 3 aromatic rings. The second-order valence-corrected chi connectivity index (χ2v) is 9.52. The van der Waals surface area contributed by atoms with Gasteiger partial charge in [-0.05, 0) is 36.1 Å². The zero-order chi connectivity index (χ0) is 23.3. The number of nitrogens with two attached hydrogens (primary N) is 1. The van der Waals surface area contributed by atoms with Crippen LogP contribution in [0.4, 0.5) is 0 Å². The predicted octanol–water partition coefficient (Wildman–Crippen LogP) is 4.06. The number of hydrogen-bond acceptors (Lipinski definition) is 5. The molecule has 3 rings (SSSR count). The van der Waals surface area contributed by atoms with Crippen molar-refractivity contribution in [1.82, 2.24) is 15.6 Å². The van der Waals surface area contributed by atoms with Gasteiger partial charge in [-0.15, -0.1) is 11.3 Å². The number of benzene rings is 2. The number of carbonyl (C=O) groups excluding carboxylic acids is 2. The lowest BCUT2D eigenvalue weighted by Gasteiger charge is -2.25. The molecule has 0 fully saturated rings. The molecule has 0 aliphatic rings. The minimum atomic E-state index is -0.710. The highest BCUT2D eigenvalue weighted by atomic mass is 32.1. The number of nitrogens with one attached hydrogen (secondary N) is 2. The van der Waals surface area contributed by atoms with Gasteiger partial charge in [0.25, 0.3) is 0 Å². The predicted molar refractivity (Wildman–Crippen MR) is 131 cm³/mol. The number of fused-ring (bicyclic) bond motifs is 1. The zero-order valence-electron chi connectivity index (χ0n) is 19.1. The van der Waals surface area contributed by atoms with Gasteiger partial charge in [0.2, 0.25) is 11.8 Å². The molecule has 0 radical (unpaired) electrons. The molecule has 0 aliphatic carbocycles. The van der Waals surface area contributed by atoms with E-state index in [1.54, 1.807) is 18.3 Å². The highest BCUT2D eigenvalue weighted by Crippen LogP contribution is 2.27. The smallest absolute Gasteiger partial charge is 0.243 e. The second kappa shape index (κ2) is 10.7. The van der Waals surface area contributed by atoms with E-state index in [-0.39, 0.29) is 23.9 Å². The molecular formula is C25H32N4O2S. The third-order valence-electron chi connectivity index (χ3n) is 5.57. The summed E-state index contributed by atoms with van der Waals surface area (Å²) in [7, 11) is 0. The van der Waals surface area contributed by atoms with Crippen LogP contribution in [-0.2, 0) is 16.0 Å². The summed E-state index contributed by atoms with van der Waals surface area (Å²) >= 11 is 1.56. The number of hydrogen-bond donors (Lipinski definition) is 3. The van der Waals surface area contributed by atoms with Crippen molar-refractivity contribution in [3.05, 3.63) is 64.7 Å². The Bertz CT molecular complexity index is 1060. The SMILES string of the molecule is CCC(=O)N[C@@H](Cc1nc2ccc(C(C)C)cc2s1)C(=O)NC(C)[C@@H](N)c1ccccc1. The molecule has 1 heterocycles. The summed E-state index contributed by atoms with van der Waals surface area (Å²) in [6.07, 6.45) is 0.641. The quantitative estimate of drug-likeness (QED) is 0.456. The summed E-state index contributed by atoms with van der Waals surface area (Å²) in [5.74, 6) is 0.00352. The maximum absolute atomic E-state index is 13.1. The molecule has 32 heavy (non-hydrogen) atoms. The van der Waals surface area contributed by atoms with Crippen LogP contribution in [0.2, 0.25) is 0 Å². The van der Waals surface area contributed by atoms with Crippen molar-refractivity contribution in [3.8, 4) is 0 Å². The molecule has 2 amide bonds. The molecule has 2 aromatic carbocycles. The van der Waals surface area contributed by atoms with Crippen molar-refractivity contribution in [2.45, 2.75) is 64.6 Å². The molecule has 1 unspecified atom stereocenters. The number of aromatic nitrogens is 1. The fourth-order valence-corrected chi connectivity index (χ4v) is 4.56. The van der Waals surface area contributed by atoms with E-state index in [1.807, 2.05) is 43.3 Å². The highest BCUT2D eigenvalue weighted by Gasteiger charge is 2.26. The summed E-state index contributed by atoms with van der Waals surface area (Å²) in [6, 6.07) is 14.6. The van der Waals surface area contributed by atoms with E-state index in [0.717, 1.165) is 20.8 Å². The maximum atomic E-state index is 13.1. The van der Waals surface area contributed by atoms with Crippen LogP contribution in [0.5, 0.6) is 0 Å². The Hall–Kier alpha value is -2.77. The summed E-state index contributed by atoms with van der Waals surface area (Å²) in [6.45, 7) is 7.96. The topological polar surface area (TPSA) is 97.1 Å². The first-order valence-corrected chi connectivity index (χ1v) is 11.9. The van der Waals surface area contributed by atoms with Crippen LogP contribution in [0.25, 0.3) is 10.2 Å². The lowest BCUT2D eigenvalue weighted by molar-refractivity contribution is -0.129. The Kier molecular flexibility index (Phi) is 7.99.